The molecule has 3 aromatic carbocycles. The van der Waals surface area contributed by atoms with Crippen molar-refractivity contribution in [2.75, 3.05) is 26.6 Å². The Balaban J connectivity index is 1.39. The molecule has 1 aliphatic rings. The van der Waals surface area contributed by atoms with Crippen molar-refractivity contribution in [1.29, 1.82) is 0 Å². The summed E-state index contributed by atoms with van der Waals surface area (Å²) in [6, 6.07) is 19.2. The second kappa shape index (κ2) is 9.46. The number of tetrazole rings is 1. The van der Waals surface area contributed by atoms with Gasteiger partial charge in [-0.2, -0.15) is 0 Å². The average Bonchev–Trinajstić information content (AvgIpc) is 3.52. The molecule has 0 radical (unpaired) electrons. The number of methoxy groups -OCH3 is 3. The molecular formula is C26H25N5O4. The van der Waals surface area contributed by atoms with E-state index in [1.165, 1.54) is 0 Å². The summed E-state index contributed by atoms with van der Waals surface area (Å²) in [4.78, 5) is 13.0. The topological polar surface area (TPSA) is 111 Å². The molecule has 0 bridgehead atoms. The Labute approximate surface area is 202 Å². The van der Waals surface area contributed by atoms with Gasteiger partial charge in [-0.3, -0.25) is 4.79 Å². The molecule has 0 aliphatic heterocycles. The average molecular weight is 472 g/mol. The van der Waals surface area contributed by atoms with Gasteiger partial charge in [-0.05, 0) is 75.9 Å². The number of benzene rings is 3. The Hall–Kier alpha value is -4.40. The van der Waals surface area contributed by atoms with E-state index >= 15 is 0 Å². The summed E-state index contributed by atoms with van der Waals surface area (Å²) in [6.45, 7) is 0. The van der Waals surface area contributed by atoms with Crippen LogP contribution in [0.15, 0.2) is 60.7 Å². The van der Waals surface area contributed by atoms with E-state index in [9.17, 15) is 4.79 Å². The largest absolute Gasteiger partial charge is 0.497 e. The molecule has 9 nitrogen and oxygen atoms in total. The van der Waals surface area contributed by atoms with Gasteiger partial charge in [0.2, 0.25) is 5.91 Å². The smallest absolute Gasteiger partial charge is 0.228 e. The number of H-pyrrole nitrogens is 1. The van der Waals surface area contributed by atoms with Gasteiger partial charge in [0.05, 0.1) is 21.3 Å². The van der Waals surface area contributed by atoms with Gasteiger partial charge < -0.3 is 19.5 Å². The van der Waals surface area contributed by atoms with E-state index in [2.05, 4.69) is 25.9 Å². The van der Waals surface area contributed by atoms with Crippen molar-refractivity contribution in [3.8, 4) is 39.8 Å². The number of aromatic amines is 1. The first kappa shape index (κ1) is 22.4. The lowest BCUT2D eigenvalue weighted by molar-refractivity contribution is -0.117. The van der Waals surface area contributed by atoms with Crippen molar-refractivity contribution in [1.82, 2.24) is 20.6 Å². The molecule has 9 heteroatoms. The number of amides is 1. The lowest BCUT2D eigenvalue weighted by Crippen LogP contribution is -2.14. The Morgan fingerprint density at radius 3 is 2.40 bits per heavy atom. The van der Waals surface area contributed by atoms with Crippen molar-refractivity contribution >= 4 is 11.6 Å². The lowest BCUT2D eigenvalue weighted by Gasteiger charge is -2.14. The maximum atomic E-state index is 13.0. The Bertz CT molecular complexity index is 1340. The van der Waals surface area contributed by atoms with Gasteiger partial charge in [0.15, 0.2) is 17.3 Å². The minimum absolute atomic E-state index is 0.00803. The number of nitrogens with one attached hydrogen (secondary N) is 2. The standard InChI is InChI=1S/C26H25N5O4/c1-33-18-8-4-15(5-9-18)20-14-22(20)26(32)27-17-7-10-19(21(13-17)25-28-30-31-29-25)16-6-11-23(34-2)24(12-16)35-3/h4-13,20,22H,14H2,1-3H3,(H,27,32)(H,28,29,30,31). The van der Waals surface area contributed by atoms with Crippen molar-refractivity contribution in [3.63, 3.8) is 0 Å². The van der Waals surface area contributed by atoms with Crippen LogP contribution >= 0.6 is 0 Å². The van der Waals surface area contributed by atoms with Crippen molar-refractivity contribution in [3.05, 3.63) is 66.2 Å². The van der Waals surface area contributed by atoms with E-state index in [1.807, 2.05) is 60.7 Å². The van der Waals surface area contributed by atoms with E-state index < -0.39 is 0 Å². The maximum absolute atomic E-state index is 13.0. The summed E-state index contributed by atoms with van der Waals surface area (Å²) in [7, 11) is 4.83. The first-order valence-corrected chi connectivity index (χ1v) is 11.2. The molecule has 2 atom stereocenters. The zero-order valence-electron chi connectivity index (χ0n) is 19.6. The van der Waals surface area contributed by atoms with E-state index in [4.69, 9.17) is 14.2 Å². The fraction of sp³-hybridized carbons (Fsp3) is 0.231. The van der Waals surface area contributed by atoms with E-state index in [0.717, 1.165) is 34.4 Å². The molecule has 0 spiro atoms. The van der Waals surface area contributed by atoms with Crippen LogP contribution in [0.2, 0.25) is 0 Å². The predicted molar refractivity (Wildman–Crippen MR) is 131 cm³/mol. The van der Waals surface area contributed by atoms with Crippen LogP contribution in [-0.2, 0) is 4.79 Å². The van der Waals surface area contributed by atoms with Crippen LogP contribution in [0.4, 0.5) is 5.69 Å². The Kier molecular flexibility index (Phi) is 6.05. The highest BCUT2D eigenvalue weighted by molar-refractivity contribution is 5.96. The van der Waals surface area contributed by atoms with Crippen LogP contribution in [0.25, 0.3) is 22.5 Å². The molecular weight excluding hydrogens is 446 g/mol. The molecule has 178 valence electrons. The minimum atomic E-state index is -0.0654. The van der Waals surface area contributed by atoms with Crippen LogP contribution in [0.5, 0.6) is 17.2 Å². The summed E-state index contributed by atoms with van der Waals surface area (Å²) < 4.78 is 16.0. The van der Waals surface area contributed by atoms with Crippen molar-refractivity contribution < 1.29 is 19.0 Å². The summed E-state index contributed by atoms with van der Waals surface area (Å²) in [5.41, 5.74) is 4.34. The summed E-state index contributed by atoms with van der Waals surface area (Å²) >= 11 is 0. The maximum Gasteiger partial charge on any atom is 0.228 e. The minimum Gasteiger partial charge on any atom is -0.497 e. The molecule has 1 saturated carbocycles. The van der Waals surface area contributed by atoms with Crippen LogP contribution in [0.3, 0.4) is 0 Å². The monoisotopic (exact) mass is 471 g/mol. The lowest BCUT2D eigenvalue weighted by atomic mass is 9.98. The summed E-state index contributed by atoms with van der Waals surface area (Å²) in [6.07, 6.45) is 0.820. The molecule has 5 rings (SSSR count). The summed E-state index contributed by atoms with van der Waals surface area (Å²) in [5.74, 6) is 2.69. The second-order valence-corrected chi connectivity index (χ2v) is 8.29. The van der Waals surface area contributed by atoms with Gasteiger partial charge in [0.25, 0.3) is 0 Å². The van der Waals surface area contributed by atoms with Gasteiger partial charge in [-0.15, -0.1) is 5.10 Å². The molecule has 35 heavy (non-hydrogen) atoms. The number of nitrogens with zero attached hydrogens (tertiary/aromatic N) is 3. The second-order valence-electron chi connectivity index (χ2n) is 8.29. The summed E-state index contributed by atoms with van der Waals surface area (Å²) in [5, 5.41) is 17.4. The van der Waals surface area contributed by atoms with E-state index in [-0.39, 0.29) is 17.7 Å². The molecule has 1 heterocycles. The van der Waals surface area contributed by atoms with Gasteiger partial charge in [-0.1, -0.05) is 24.3 Å². The Morgan fingerprint density at radius 2 is 1.71 bits per heavy atom. The molecule has 0 saturated heterocycles. The number of carbonyl (C=O) groups excluding carboxylic acids is 1. The number of aromatic nitrogens is 4. The first-order chi connectivity index (χ1) is 17.1. The highest BCUT2D eigenvalue weighted by Crippen LogP contribution is 2.48. The molecule has 4 aromatic rings. The first-order valence-electron chi connectivity index (χ1n) is 11.2. The number of anilines is 1. The zero-order valence-corrected chi connectivity index (χ0v) is 19.6. The molecule has 1 aromatic heterocycles. The van der Waals surface area contributed by atoms with Gasteiger partial charge in [0.1, 0.15) is 5.75 Å². The number of carbonyl (C=O) groups is 1. The molecule has 1 aliphatic carbocycles. The third-order valence-corrected chi connectivity index (χ3v) is 6.25. The van der Waals surface area contributed by atoms with Crippen LogP contribution in [0, 0.1) is 5.92 Å². The molecule has 1 fully saturated rings. The number of ether oxygens (including phenoxy) is 3. The van der Waals surface area contributed by atoms with Gasteiger partial charge >= 0.3 is 0 Å². The normalized spacial score (nSPS) is 16.4. The van der Waals surface area contributed by atoms with Crippen molar-refractivity contribution in [2.45, 2.75) is 12.3 Å². The zero-order chi connectivity index (χ0) is 24.4. The number of rotatable bonds is 8. The third kappa shape index (κ3) is 4.52. The van der Waals surface area contributed by atoms with Crippen LogP contribution < -0.4 is 19.5 Å². The predicted octanol–water partition coefficient (Wildman–Crippen LogP) is 4.30. The van der Waals surface area contributed by atoms with Crippen LogP contribution in [0.1, 0.15) is 17.9 Å². The van der Waals surface area contributed by atoms with Gasteiger partial charge in [-0.25, -0.2) is 5.10 Å². The molecule has 2 N–H and O–H groups in total. The SMILES string of the molecule is COc1ccc(C2CC2C(=O)Nc2ccc(-c3ccc(OC)c(OC)c3)c(-c3nnn[nH]3)c2)cc1. The van der Waals surface area contributed by atoms with Crippen molar-refractivity contribution in [2.24, 2.45) is 5.92 Å². The van der Waals surface area contributed by atoms with Gasteiger partial charge in [0, 0.05) is 17.2 Å². The number of hydrogen-bond donors (Lipinski definition) is 2. The quantitative estimate of drug-likeness (QED) is 0.394. The highest BCUT2D eigenvalue weighted by Gasteiger charge is 2.44. The van der Waals surface area contributed by atoms with E-state index in [1.54, 1.807) is 21.3 Å². The van der Waals surface area contributed by atoms with E-state index in [0.29, 0.717) is 23.0 Å². The fourth-order valence-electron chi connectivity index (χ4n) is 4.29. The number of hydrogen-bond acceptors (Lipinski definition) is 7. The third-order valence-electron chi connectivity index (χ3n) is 6.25. The Morgan fingerprint density at radius 1 is 0.914 bits per heavy atom. The fourth-order valence-corrected chi connectivity index (χ4v) is 4.29. The molecule has 1 amide bonds. The molecule has 2 unspecified atom stereocenters. The highest BCUT2D eigenvalue weighted by atomic mass is 16.5. The van der Waals surface area contributed by atoms with Crippen LogP contribution in [-0.4, -0.2) is 47.9 Å².